The number of aromatic amines is 1. The molecule has 1 aliphatic rings. The van der Waals surface area contributed by atoms with Crippen LogP contribution >= 0.6 is 0 Å². The minimum absolute atomic E-state index is 0.351. The van der Waals surface area contributed by atoms with E-state index in [-0.39, 0.29) is 6.09 Å². The zero-order valence-corrected chi connectivity index (χ0v) is 15.4. The Bertz CT molecular complexity index is 800. The first kappa shape index (κ1) is 18.3. The number of carboxylic acids is 1. The van der Waals surface area contributed by atoms with Gasteiger partial charge in [0.1, 0.15) is 11.6 Å². The van der Waals surface area contributed by atoms with Crippen molar-refractivity contribution in [1.82, 2.24) is 14.8 Å². The standard InChI is InChI=1S/C19H25N3O4/c1-19(2,3)26-18(25)22-10-8-21(9-11-22)16(17(23)24)14-12-20-15-7-5-4-6-13(14)15/h4-7,12,16,20H,8-11H2,1-3H3,(H,23,24). The molecule has 1 aromatic carbocycles. The fourth-order valence-electron chi connectivity index (χ4n) is 3.30. The summed E-state index contributed by atoms with van der Waals surface area (Å²) in [5.41, 5.74) is 1.13. The first-order valence-electron chi connectivity index (χ1n) is 8.77. The molecule has 2 N–H and O–H groups in total. The van der Waals surface area contributed by atoms with Gasteiger partial charge in [-0.05, 0) is 26.8 Å². The van der Waals surface area contributed by atoms with Crippen LogP contribution in [0.2, 0.25) is 0 Å². The van der Waals surface area contributed by atoms with Gasteiger partial charge in [0.05, 0.1) is 0 Å². The van der Waals surface area contributed by atoms with Crippen LogP contribution in [-0.4, -0.2) is 63.7 Å². The average Bonchev–Trinajstić information content (AvgIpc) is 2.98. The predicted octanol–water partition coefficient (Wildman–Crippen LogP) is 2.85. The van der Waals surface area contributed by atoms with E-state index in [1.54, 1.807) is 11.1 Å². The van der Waals surface area contributed by atoms with Gasteiger partial charge >= 0.3 is 12.1 Å². The molecule has 1 atom stereocenters. The molecular weight excluding hydrogens is 334 g/mol. The third-order valence-corrected chi connectivity index (χ3v) is 4.48. The highest BCUT2D eigenvalue weighted by Gasteiger charge is 2.34. The number of piperazine rings is 1. The SMILES string of the molecule is CC(C)(C)OC(=O)N1CCN(C(C(=O)O)c2c[nH]c3ccccc23)CC1. The van der Waals surface area contributed by atoms with Gasteiger partial charge in [0.2, 0.25) is 0 Å². The summed E-state index contributed by atoms with van der Waals surface area (Å²) < 4.78 is 5.40. The molecule has 1 amide bonds. The summed E-state index contributed by atoms with van der Waals surface area (Å²) in [6.45, 7) is 7.35. The van der Waals surface area contributed by atoms with E-state index >= 15 is 0 Å². The first-order chi connectivity index (χ1) is 12.3. The van der Waals surface area contributed by atoms with Crippen molar-refractivity contribution in [2.24, 2.45) is 0 Å². The number of fused-ring (bicyclic) bond motifs is 1. The summed E-state index contributed by atoms with van der Waals surface area (Å²) in [4.78, 5) is 30.9. The number of H-pyrrole nitrogens is 1. The zero-order chi connectivity index (χ0) is 18.9. The fraction of sp³-hybridized carbons (Fsp3) is 0.474. The summed E-state index contributed by atoms with van der Waals surface area (Å²) in [7, 11) is 0. The molecule has 1 aromatic heterocycles. The Hall–Kier alpha value is -2.54. The molecule has 2 heterocycles. The number of hydrogen-bond acceptors (Lipinski definition) is 4. The zero-order valence-electron chi connectivity index (χ0n) is 15.4. The van der Waals surface area contributed by atoms with E-state index in [1.165, 1.54) is 0 Å². The lowest BCUT2D eigenvalue weighted by molar-refractivity contribution is -0.144. The summed E-state index contributed by atoms with van der Waals surface area (Å²) in [5, 5.41) is 10.7. The molecule has 0 radical (unpaired) electrons. The lowest BCUT2D eigenvalue weighted by Crippen LogP contribution is -2.51. The van der Waals surface area contributed by atoms with Crippen LogP contribution in [0.15, 0.2) is 30.5 Å². The van der Waals surface area contributed by atoms with E-state index in [0.717, 1.165) is 16.5 Å². The van der Waals surface area contributed by atoms with Gasteiger partial charge in [0, 0.05) is 48.8 Å². The molecule has 1 saturated heterocycles. The van der Waals surface area contributed by atoms with Crippen molar-refractivity contribution >= 4 is 23.0 Å². The van der Waals surface area contributed by atoms with Gasteiger partial charge in [-0.1, -0.05) is 18.2 Å². The summed E-state index contributed by atoms with van der Waals surface area (Å²) in [5.74, 6) is -0.888. The van der Waals surface area contributed by atoms with E-state index in [1.807, 2.05) is 49.9 Å². The molecule has 7 heteroatoms. The third-order valence-electron chi connectivity index (χ3n) is 4.48. The maximum Gasteiger partial charge on any atom is 0.410 e. The molecule has 0 saturated carbocycles. The molecule has 1 aliphatic heterocycles. The first-order valence-corrected chi connectivity index (χ1v) is 8.77. The smallest absolute Gasteiger partial charge is 0.410 e. The number of carbonyl (C=O) groups excluding carboxylic acids is 1. The van der Waals surface area contributed by atoms with Crippen LogP contribution in [0, 0.1) is 0 Å². The van der Waals surface area contributed by atoms with E-state index in [0.29, 0.717) is 26.2 Å². The summed E-state index contributed by atoms with van der Waals surface area (Å²) in [6.07, 6.45) is 1.42. The molecule has 140 valence electrons. The van der Waals surface area contributed by atoms with Crippen molar-refractivity contribution in [3.8, 4) is 0 Å². The Morgan fingerprint density at radius 3 is 2.42 bits per heavy atom. The molecule has 0 bridgehead atoms. The Labute approximate surface area is 152 Å². The average molecular weight is 359 g/mol. The highest BCUT2D eigenvalue weighted by Crippen LogP contribution is 2.29. The number of nitrogens with zero attached hydrogens (tertiary/aromatic N) is 2. The number of amides is 1. The number of carboxylic acid groups (broad SMARTS) is 1. The molecule has 2 aromatic rings. The largest absolute Gasteiger partial charge is 0.480 e. The lowest BCUT2D eigenvalue weighted by Gasteiger charge is -2.38. The Morgan fingerprint density at radius 2 is 1.81 bits per heavy atom. The van der Waals surface area contributed by atoms with E-state index in [2.05, 4.69) is 4.98 Å². The molecule has 26 heavy (non-hydrogen) atoms. The number of aromatic nitrogens is 1. The molecule has 3 rings (SSSR count). The van der Waals surface area contributed by atoms with Crippen molar-refractivity contribution in [3.05, 3.63) is 36.0 Å². The van der Waals surface area contributed by atoms with Gasteiger partial charge in [-0.15, -0.1) is 0 Å². The van der Waals surface area contributed by atoms with Gasteiger partial charge < -0.3 is 19.7 Å². The number of nitrogens with one attached hydrogen (secondary N) is 1. The third kappa shape index (κ3) is 3.83. The fourth-order valence-corrected chi connectivity index (χ4v) is 3.30. The van der Waals surface area contributed by atoms with Gasteiger partial charge in [0.15, 0.2) is 0 Å². The van der Waals surface area contributed by atoms with Gasteiger partial charge in [-0.25, -0.2) is 4.79 Å². The quantitative estimate of drug-likeness (QED) is 0.880. The topological polar surface area (TPSA) is 85.9 Å². The Morgan fingerprint density at radius 1 is 1.15 bits per heavy atom. The normalized spacial score (nSPS) is 17.3. The number of carbonyl (C=O) groups is 2. The number of benzene rings is 1. The highest BCUT2D eigenvalue weighted by molar-refractivity contribution is 5.89. The van der Waals surface area contributed by atoms with Crippen LogP contribution in [0.4, 0.5) is 4.79 Å². The maximum atomic E-state index is 12.2. The van der Waals surface area contributed by atoms with Crippen molar-refractivity contribution in [3.63, 3.8) is 0 Å². The van der Waals surface area contributed by atoms with E-state index < -0.39 is 17.6 Å². The maximum absolute atomic E-state index is 12.2. The number of hydrogen-bond donors (Lipinski definition) is 2. The number of ether oxygens (including phenoxy) is 1. The van der Waals surface area contributed by atoms with Gasteiger partial charge in [0.25, 0.3) is 0 Å². The van der Waals surface area contributed by atoms with Crippen LogP contribution in [0.5, 0.6) is 0 Å². The van der Waals surface area contributed by atoms with Crippen LogP contribution < -0.4 is 0 Å². The number of rotatable bonds is 3. The lowest BCUT2D eigenvalue weighted by atomic mass is 10.0. The summed E-state index contributed by atoms with van der Waals surface area (Å²) >= 11 is 0. The van der Waals surface area contributed by atoms with Crippen LogP contribution in [-0.2, 0) is 9.53 Å². The molecule has 1 unspecified atom stereocenters. The van der Waals surface area contributed by atoms with Crippen molar-refractivity contribution in [1.29, 1.82) is 0 Å². The second kappa shape index (κ2) is 6.99. The minimum Gasteiger partial charge on any atom is -0.480 e. The molecule has 1 fully saturated rings. The van der Waals surface area contributed by atoms with Crippen LogP contribution in [0.3, 0.4) is 0 Å². The number of para-hydroxylation sites is 1. The molecular formula is C19H25N3O4. The van der Waals surface area contributed by atoms with E-state index in [9.17, 15) is 14.7 Å². The van der Waals surface area contributed by atoms with Crippen molar-refractivity contribution in [2.45, 2.75) is 32.4 Å². The molecule has 7 nitrogen and oxygen atoms in total. The molecule has 0 aliphatic carbocycles. The minimum atomic E-state index is -0.888. The Balaban J connectivity index is 1.74. The Kier molecular flexibility index (Phi) is 4.91. The van der Waals surface area contributed by atoms with Gasteiger partial charge in [-0.2, -0.15) is 0 Å². The highest BCUT2D eigenvalue weighted by atomic mass is 16.6. The monoisotopic (exact) mass is 359 g/mol. The van der Waals surface area contributed by atoms with Crippen LogP contribution in [0.1, 0.15) is 32.4 Å². The van der Waals surface area contributed by atoms with Crippen molar-refractivity contribution in [2.75, 3.05) is 26.2 Å². The molecule has 0 spiro atoms. The summed E-state index contributed by atoms with van der Waals surface area (Å²) in [6, 6.07) is 6.93. The van der Waals surface area contributed by atoms with E-state index in [4.69, 9.17) is 4.74 Å². The van der Waals surface area contributed by atoms with Gasteiger partial charge in [-0.3, -0.25) is 9.69 Å². The predicted molar refractivity (Wildman–Crippen MR) is 98.1 cm³/mol. The number of aliphatic carboxylic acids is 1. The van der Waals surface area contributed by atoms with Crippen molar-refractivity contribution < 1.29 is 19.4 Å². The second-order valence-corrected chi connectivity index (χ2v) is 7.53. The van der Waals surface area contributed by atoms with Crippen LogP contribution in [0.25, 0.3) is 10.9 Å². The second-order valence-electron chi connectivity index (χ2n) is 7.53.